The molecule has 1 rings (SSSR count). The molecule has 1 aliphatic rings. The summed E-state index contributed by atoms with van der Waals surface area (Å²) in [6.45, 7) is 3.05. The lowest BCUT2D eigenvalue weighted by Crippen LogP contribution is -2.44. The highest BCUT2D eigenvalue weighted by molar-refractivity contribution is 4.79. The molecule has 4 heteroatoms. The van der Waals surface area contributed by atoms with Gasteiger partial charge in [0.2, 0.25) is 0 Å². The number of hydrogen-bond acceptors (Lipinski definition) is 2. The molecule has 0 bridgehead atoms. The Hall–Kier alpha value is -0.220. The van der Waals surface area contributed by atoms with Crippen LogP contribution in [0.2, 0.25) is 0 Å². The summed E-state index contributed by atoms with van der Waals surface area (Å²) in [5, 5.41) is 9.51. The monoisotopic (exact) mass is 193 g/mol. The average Bonchev–Trinajstić information content (AvgIpc) is 2.07. The standard InChI is InChI=1S/C9H17F2NO/c1-2-7-5-12(6-9(10)11)4-3-8(7)13/h7-9,13H,2-6H2,1H3. The molecule has 2 unspecified atom stereocenters. The lowest BCUT2D eigenvalue weighted by atomic mass is 9.92. The Balaban J connectivity index is 2.36. The van der Waals surface area contributed by atoms with Gasteiger partial charge >= 0.3 is 0 Å². The Morgan fingerprint density at radius 2 is 2.23 bits per heavy atom. The second-order valence-corrected chi connectivity index (χ2v) is 3.68. The maximum atomic E-state index is 12.0. The van der Waals surface area contributed by atoms with Crippen molar-refractivity contribution in [2.75, 3.05) is 19.6 Å². The van der Waals surface area contributed by atoms with Gasteiger partial charge in [0.25, 0.3) is 6.43 Å². The molecule has 78 valence electrons. The molecule has 0 aromatic heterocycles. The highest BCUT2D eigenvalue weighted by Gasteiger charge is 2.27. The van der Waals surface area contributed by atoms with Crippen LogP contribution >= 0.6 is 0 Å². The van der Waals surface area contributed by atoms with Gasteiger partial charge in [-0.15, -0.1) is 0 Å². The molecular formula is C9H17F2NO. The fourth-order valence-corrected chi connectivity index (χ4v) is 1.86. The van der Waals surface area contributed by atoms with Crippen LogP contribution in [0.25, 0.3) is 0 Å². The van der Waals surface area contributed by atoms with Crippen molar-refractivity contribution >= 4 is 0 Å². The molecule has 0 amide bonds. The Labute approximate surface area is 77.5 Å². The zero-order valence-electron chi connectivity index (χ0n) is 7.92. The van der Waals surface area contributed by atoms with Crippen molar-refractivity contribution in [1.29, 1.82) is 0 Å². The largest absolute Gasteiger partial charge is 0.393 e. The molecule has 1 aliphatic heterocycles. The first kappa shape index (κ1) is 10.9. The number of aliphatic hydroxyl groups is 1. The normalized spacial score (nSPS) is 31.2. The molecule has 1 heterocycles. The second kappa shape index (κ2) is 4.86. The van der Waals surface area contributed by atoms with Crippen LogP contribution in [-0.2, 0) is 0 Å². The van der Waals surface area contributed by atoms with Gasteiger partial charge in [-0.3, -0.25) is 4.90 Å². The highest BCUT2D eigenvalue weighted by Crippen LogP contribution is 2.20. The fourth-order valence-electron chi connectivity index (χ4n) is 1.86. The molecular weight excluding hydrogens is 176 g/mol. The van der Waals surface area contributed by atoms with Crippen LogP contribution in [0.4, 0.5) is 8.78 Å². The summed E-state index contributed by atoms with van der Waals surface area (Å²) in [5.41, 5.74) is 0. The molecule has 0 aliphatic carbocycles. The summed E-state index contributed by atoms with van der Waals surface area (Å²) >= 11 is 0. The van der Waals surface area contributed by atoms with Crippen LogP contribution in [0.5, 0.6) is 0 Å². The number of halogens is 2. The van der Waals surface area contributed by atoms with Gasteiger partial charge in [0.1, 0.15) is 0 Å². The lowest BCUT2D eigenvalue weighted by molar-refractivity contribution is 0.000451. The van der Waals surface area contributed by atoms with E-state index in [1.54, 1.807) is 4.90 Å². The Morgan fingerprint density at radius 3 is 2.77 bits per heavy atom. The predicted molar refractivity (Wildman–Crippen MR) is 46.8 cm³/mol. The zero-order chi connectivity index (χ0) is 9.84. The van der Waals surface area contributed by atoms with E-state index < -0.39 is 6.43 Å². The molecule has 0 radical (unpaired) electrons. The number of aliphatic hydroxyl groups excluding tert-OH is 1. The molecule has 0 aromatic carbocycles. The van der Waals surface area contributed by atoms with Crippen molar-refractivity contribution in [3.05, 3.63) is 0 Å². The second-order valence-electron chi connectivity index (χ2n) is 3.68. The summed E-state index contributed by atoms with van der Waals surface area (Å²) in [6, 6.07) is 0. The maximum absolute atomic E-state index is 12.0. The van der Waals surface area contributed by atoms with Gasteiger partial charge in [0.15, 0.2) is 0 Å². The molecule has 0 saturated carbocycles. The third-order valence-corrected chi connectivity index (χ3v) is 2.70. The highest BCUT2D eigenvalue weighted by atomic mass is 19.3. The van der Waals surface area contributed by atoms with Gasteiger partial charge in [-0.1, -0.05) is 6.92 Å². The predicted octanol–water partition coefficient (Wildman–Crippen LogP) is 1.34. The first-order valence-corrected chi connectivity index (χ1v) is 4.82. The number of rotatable bonds is 3. The van der Waals surface area contributed by atoms with Crippen LogP contribution in [0.15, 0.2) is 0 Å². The van der Waals surface area contributed by atoms with Gasteiger partial charge in [0, 0.05) is 13.1 Å². The summed E-state index contributed by atoms with van der Waals surface area (Å²) < 4.78 is 24.1. The third kappa shape index (κ3) is 3.19. The Kier molecular flexibility index (Phi) is 4.06. The topological polar surface area (TPSA) is 23.5 Å². The molecule has 0 spiro atoms. The molecule has 1 fully saturated rings. The van der Waals surface area contributed by atoms with Crippen LogP contribution < -0.4 is 0 Å². The average molecular weight is 193 g/mol. The summed E-state index contributed by atoms with van der Waals surface area (Å²) in [5.74, 6) is 0.174. The minimum absolute atomic E-state index is 0.150. The molecule has 1 N–H and O–H groups in total. The van der Waals surface area contributed by atoms with E-state index in [1.165, 1.54) is 0 Å². The van der Waals surface area contributed by atoms with Crippen molar-refractivity contribution in [1.82, 2.24) is 4.90 Å². The molecule has 0 aromatic rings. The number of nitrogens with zero attached hydrogens (tertiary/aromatic N) is 1. The van der Waals surface area contributed by atoms with Crippen molar-refractivity contribution in [3.8, 4) is 0 Å². The van der Waals surface area contributed by atoms with Crippen LogP contribution in [-0.4, -0.2) is 42.2 Å². The molecule has 13 heavy (non-hydrogen) atoms. The van der Waals surface area contributed by atoms with Crippen LogP contribution in [0.1, 0.15) is 19.8 Å². The van der Waals surface area contributed by atoms with Gasteiger partial charge < -0.3 is 5.11 Å². The molecule has 2 nitrogen and oxygen atoms in total. The van der Waals surface area contributed by atoms with E-state index in [-0.39, 0.29) is 18.6 Å². The van der Waals surface area contributed by atoms with Gasteiger partial charge in [0.05, 0.1) is 12.6 Å². The number of piperidine rings is 1. The fraction of sp³-hybridized carbons (Fsp3) is 1.00. The van der Waals surface area contributed by atoms with E-state index in [2.05, 4.69) is 0 Å². The van der Waals surface area contributed by atoms with E-state index in [0.29, 0.717) is 19.5 Å². The van der Waals surface area contributed by atoms with Gasteiger partial charge in [-0.25, -0.2) is 8.78 Å². The number of alkyl halides is 2. The minimum Gasteiger partial charge on any atom is -0.393 e. The van der Waals surface area contributed by atoms with Crippen molar-refractivity contribution in [2.45, 2.75) is 32.3 Å². The van der Waals surface area contributed by atoms with Crippen LogP contribution in [0, 0.1) is 5.92 Å². The van der Waals surface area contributed by atoms with Crippen molar-refractivity contribution < 1.29 is 13.9 Å². The summed E-state index contributed by atoms with van der Waals surface area (Å²) in [4.78, 5) is 1.74. The summed E-state index contributed by atoms with van der Waals surface area (Å²) in [6.07, 6.45) is -1.06. The number of hydrogen-bond donors (Lipinski definition) is 1. The smallest absolute Gasteiger partial charge is 0.251 e. The minimum atomic E-state index is -2.26. The number of likely N-dealkylation sites (tertiary alicyclic amines) is 1. The molecule has 1 saturated heterocycles. The van der Waals surface area contributed by atoms with E-state index in [9.17, 15) is 13.9 Å². The Morgan fingerprint density at radius 1 is 1.54 bits per heavy atom. The van der Waals surface area contributed by atoms with E-state index in [1.807, 2.05) is 6.92 Å². The zero-order valence-corrected chi connectivity index (χ0v) is 7.92. The summed E-state index contributed by atoms with van der Waals surface area (Å²) in [7, 11) is 0. The SMILES string of the molecule is CCC1CN(CC(F)F)CCC1O. The Bertz CT molecular complexity index is 155. The lowest BCUT2D eigenvalue weighted by Gasteiger charge is -2.35. The van der Waals surface area contributed by atoms with Crippen LogP contribution in [0.3, 0.4) is 0 Å². The first-order chi connectivity index (χ1) is 6.13. The third-order valence-electron chi connectivity index (χ3n) is 2.70. The van der Waals surface area contributed by atoms with E-state index in [4.69, 9.17) is 0 Å². The van der Waals surface area contributed by atoms with Gasteiger partial charge in [-0.05, 0) is 18.8 Å². The van der Waals surface area contributed by atoms with Crippen molar-refractivity contribution in [2.24, 2.45) is 5.92 Å². The molecule has 2 atom stereocenters. The van der Waals surface area contributed by atoms with Gasteiger partial charge in [-0.2, -0.15) is 0 Å². The van der Waals surface area contributed by atoms with E-state index in [0.717, 1.165) is 6.42 Å². The van der Waals surface area contributed by atoms with Crippen molar-refractivity contribution in [3.63, 3.8) is 0 Å². The quantitative estimate of drug-likeness (QED) is 0.731. The van der Waals surface area contributed by atoms with E-state index >= 15 is 0 Å². The first-order valence-electron chi connectivity index (χ1n) is 4.82. The maximum Gasteiger partial charge on any atom is 0.251 e.